The van der Waals surface area contributed by atoms with Crippen LogP contribution in [0.2, 0.25) is 0 Å². The summed E-state index contributed by atoms with van der Waals surface area (Å²) in [6.07, 6.45) is 15.4. The molecule has 6 atom stereocenters. The Kier molecular flexibility index (Phi) is 4.01. The molecule has 0 aromatic carbocycles. The predicted octanol–water partition coefficient (Wildman–Crippen LogP) is 6.78. The first-order valence-corrected chi connectivity index (χ1v) is 10.4. The highest BCUT2D eigenvalue weighted by Crippen LogP contribution is 2.67. The fourth-order valence-electron chi connectivity index (χ4n) is 7.81. The zero-order chi connectivity index (χ0) is 16.2. The Hall–Kier alpha value is -0.520. The van der Waals surface area contributed by atoms with Crippen LogP contribution in [0.1, 0.15) is 78.6 Å². The van der Waals surface area contributed by atoms with E-state index < -0.39 is 0 Å². The predicted molar refractivity (Wildman–Crippen MR) is 99.2 cm³/mol. The average Bonchev–Trinajstić information content (AvgIpc) is 2.94. The summed E-state index contributed by atoms with van der Waals surface area (Å²) in [6, 6.07) is 0. The molecule has 0 heteroatoms. The Bertz CT molecular complexity index is 510. The molecule has 0 spiro atoms. The normalized spacial score (nSPS) is 46.2. The molecule has 0 saturated heterocycles. The third-order valence-electron chi connectivity index (χ3n) is 8.54. The number of rotatable bonds is 2. The van der Waals surface area contributed by atoms with Crippen LogP contribution in [0, 0.1) is 40.9 Å². The third kappa shape index (κ3) is 2.23. The van der Waals surface area contributed by atoms with Gasteiger partial charge in [-0.3, -0.25) is 0 Å². The monoisotopic (exact) mass is 312 g/mol. The van der Waals surface area contributed by atoms with E-state index in [2.05, 4.69) is 26.8 Å². The zero-order valence-corrected chi connectivity index (χ0v) is 15.6. The molecule has 0 heterocycles. The molecule has 0 aromatic heterocycles. The van der Waals surface area contributed by atoms with Crippen molar-refractivity contribution in [3.8, 4) is 0 Å². The van der Waals surface area contributed by atoms with Gasteiger partial charge in [0.25, 0.3) is 0 Å². The van der Waals surface area contributed by atoms with Gasteiger partial charge >= 0.3 is 0 Å². The van der Waals surface area contributed by atoms with Crippen molar-refractivity contribution in [2.75, 3.05) is 0 Å². The minimum atomic E-state index is 0.600. The lowest BCUT2D eigenvalue weighted by molar-refractivity contribution is -0.0124. The maximum Gasteiger partial charge on any atom is -0.0109 e. The van der Waals surface area contributed by atoms with Crippen LogP contribution in [0.5, 0.6) is 0 Å². The molecule has 4 aliphatic rings. The van der Waals surface area contributed by atoms with E-state index >= 15 is 0 Å². The standard InChI is InChI=1S/C23H36/c1-5-23-14-16(4)22-18-9-7-6-8-17(18)10-11-19(22)21(23)13-12-20(23)15(2)3/h8,15,18-22H,4-7,9-14H2,1-3H3/t18?,19?,20-,21-,22+,23?/m0/s1. The Balaban J connectivity index is 1.70. The van der Waals surface area contributed by atoms with E-state index in [0.29, 0.717) is 5.41 Å². The van der Waals surface area contributed by atoms with E-state index in [-0.39, 0.29) is 0 Å². The van der Waals surface area contributed by atoms with Gasteiger partial charge in [0.1, 0.15) is 0 Å². The molecule has 4 rings (SSSR count). The van der Waals surface area contributed by atoms with E-state index in [1.54, 1.807) is 5.57 Å². The molecule has 0 bridgehead atoms. The Labute approximate surface area is 143 Å². The van der Waals surface area contributed by atoms with Crippen LogP contribution in [0.3, 0.4) is 0 Å². The summed E-state index contributed by atoms with van der Waals surface area (Å²) < 4.78 is 0. The molecule has 0 nitrogen and oxygen atoms in total. The quantitative estimate of drug-likeness (QED) is 0.493. The van der Waals surface area contributed by atoms with Crippen LogP contribution in [0.25, 0.3) is 0 Å². The fraction of sp³-hybridized carbons (Fsp3) is 0.826. The summed E-state index contributed by atoms with van der Waals surface area (Å²) in [5, 5.41) is 0. The summed E-state index contributed by atoms with van der Waals surface area (Å²) in [5.41, 5.74) is 4.07. The second-order valence-electron chi connectivity index (χ2n) is 9.50. The highest BCUT2D eigenvalue weighted by atomic mass is 14.6. The van der Waals surface area contributed by atoms with Gasteiger partial charge in [-0.2, -0.15) is 0 Å². The first-order valence-electron chi connectivity index (χ1n) is 10.4. The summed E-state index contributed by atoms with van der Waals surface area (Å²) in [5.74, 6) is 5.46. The van der Waals surface area contributed by atoms with Gasteiger partial charge in [-0.05, 0) is 98.7 Å². The lowest BCUT2D eigenvalue weighted by Crippen LogP contribution is -2.48. The number of hydrogen-bond donors (Lipinski definition) is 0. The van der Waals surface area contributed by atoms with Crippen LogP contribution in [-0.2, 0) is 0 Å². The van der Waals surface area contributed by atoms with Gasteiger partial charge in [-0.25, -0.2) is 0 Å². The average molecular weight is 313 g/mol. The van der Waals surface area contributed by atoms with Crippen molar-refractivity contribution in [2.24, 2.45) is 40.9 Å². The lowest BCUT2D eigenvalue weighted by atomic mass is 9.48. The molecule has 0 aliphatic heterocycles. The molecule has 3 saturated carbocycles. The van der Waals surface area contributed by atoms with Crippen molar-refractivity contribution >= 4 is 0 Å². The fourth-order valence-corrected chi connectivity index (χ4v) is 7.81. The second-order valence-corrected chi connectivity index (χ2v) is 9.50. The van der Waals surface area contributed by atoms with Gasteiger partial charge in [-0.1, -0.05) is 44.6 Å². The highest BCUT2D eigenvalue weighted by molar-refractivity contribution is 5.27. The third-order valence-corrected chi connectivity index (χ3v) is 8.54. The second kappa shape index (κ2) is 5.78. The SMILES string of the molecule is C=C1CC2(CC)[C@H](C(C)C)CC[C@H]2C2CCC3=CCCCC3[C@@H]12. The first-order chi connectivity index (χ1) is 11.1. The Morgan fingerprint density at radius 2 is 2.04 bits per heavy atom. The van der Waals surface area contributed by atoms with Crippen LogP contribution in [0.15, 0.2) is 23.8 Å². The summed E-state index contributed by atoms with van der Waals surface area (Å²) in [6.45, 7) is 12.1. The molecular weight excluding hydrogens is 276 g/mol. The van der Waals surface area contributed by atoms with Gasteiger partial charge in [0.15, 0.2) is 0 Å². The maximum absolute atomic E-state index is 4.71. The molecule has 0 N–H and O–H groups in total. The van der Waals surface area contributed by atoms with Gasteiger partial charge in [0, 0.05) is 0 Å². The molecule has 3 fully saturated rings. The van der Waals surface area contributed by atoms with Crippen molar-refractivity contribution in [3.05, 3.63) is 23.8 Å². The van der Waals surface area contributed by atoms with Gasteiger partial charge in [0.2, 0.25) is 0 Å². The van der Waals surface area contributed by atoms with Crippen LogP contribution in [0.4, 0.5) is 0 Å². The number of allylic oxidation sites excluding steroid dienone is 3. The van der Waals surface area contributed by atoms with E-state index in [0.717, 1.165) is 35.5 Å². The van der Waals surface area contributed by atoms with Crippen molar-refractivity contribution in [3.63, 3.8) is 0 Å². The zero-order valence-electron chi connectivity index (χ0n) is 15.6. The smallest absolute Gasteiger partial charge is 0.0109 e. The van der Waals surface area contributed by atoms with Crippen LogP contribution < -0.4 is 0 Å². The lowest BCUT2D eigenvalue weighted by Gasteiger charge is -2.56. The number of hydrogen-bond acceptors (Lipinski definition) is 0. The summed E-state index contributed by atoms with van der Waals surface area (Å²) in [4.78, 5) is 0. The summed E-state index contributed by atoms with van der Waals surface area (Å²) in [7, 11) is 0. The largest absolute Gasteiger partial charge is 0.0995 e. The van der Waals surface area contributed by atoms with Gasteiger partial charge < -0.3 is 0 Å². The molecule has 0 aromatic rings. The Morgan fingerprint density at radius 1 is 1.22 bits per heavy atom. The maximum atomic E-state index is 4.71. The van der Waals surface area contributed by atoms with E-state index in [1.807, 2.05) is 5.57 Å². The van der Waals surface area contributed by atoms with Crippen molar-refractivity contribution < 1.29 is 0 Å². The van der Waals surface area contributed by atoms with E-state index in [4.69, 9.17) is 6.58 Å². The van der Waals surface area contributed by atoms with Crippen molar-refractivity contribution in [1.29, 1.82) is 0 Å². The molecule has 3 unspecified atom stereocenters. The minimum Gasteiger partial charge on any atom is -0.0995 e. The summed E-state index contributed by atoms with van der Waals surface area (Å²) >= 11 is 0. The minimum absolute atomic E-state index is 0.600. The van der Waals surface area contributed by atoms with Crippen molar-refractivity contribution in [1.82, 2.24) is 0 Å². The van der Waals surface area contributed by atoms with Gasteiger partial charge in [0.05, 0.1) is 0 Å². The molecule has 4 aliphatic carbocycles. The molecule has 23 heavy (non-hydrogen) atoms. The van der Waals surface area contributed by atoms with E-state index in [1.165, 1.54) is 57.8 Å². The Morgan fingerprint density at radius 3 is 2.78 bits per heavy atom. The van der Waals surface area contributed by atoms with E-state index in [9.17, 15) is 0 Å². The molecule has 0 amide bonds. The molecule has 128 valence electrons. The highest BCUT2D eigenvalue weighted by Gasteiger charge is 2.58. The topological polar surface area (TPSA) is 0 Å². The first kappa shape index (κ1) is 16.0. The van der Waals surface area contributed by atoms with Crippen molar-refractivity contribution in [2.45, 2.75) is 78.6 Å². The number of fused-ring (bicyclic) bond motifs is 5. The van der Waals surface area contributed by atoms with Gasteiger partial charge in [-0.15, -0.1) is 0 Å². The molecular formula is C23H36. The van der Waals surface area contributed by atoms with Crippen LogP contribution in [-0.4, -0.2) is 0 Å². The molecule has 0 radical (unpaired) electrons. The van der Waals surface area contributed by atoms with Crippen LogP contribution >= 0.6 is 0 Å².